The lowest BCUT2D eigenvalue weighted by atomic mass is 9.80. The number of rotatable bonds is 3. The van der Waals surface area contributed by atoms with Crippen molar-refractivity contribution in [2.45, 2.75) is 50.2 Å². The zero-order chi connectivity index (χ0) is 23.5. The van der Waals surface area contributed by atoms with Crippen LogP contribution in [0.2, 0.25) is 0 Å². The number of amides is 1. The van der Waals surface area contributed by atoms with Crippen LogP contribution in [0.4, 0.5) is 8.78 Å². The molecule has 0 saturated carbocycles. The number of carbonyl (C=O) groups excluding carboxylic acids is 1. The summed E-state index contributed by atoms with van der Waals surface area (Å²) in [5, 5.41) is 14.9. The summed E-state index contributed by atoms with van der Waals surface area (Å²) < 4.78 is 29.5. The summed E-state index contributed by atoms with van der Waals surface area (Å²) in [6.07, 6.45) is 2.35. The zero-order valence-corrected chi connectivity index (χ0v) is 18.2. The van der Waals surface area contributed by atoms with Gasteiger partial charge in [-0.15, -0.1) is 0 Å². The molecule has 2 aliphatic heterocycles. The van der Waals surface area contributed by atoms with Crippen molar-refractivity contribution >= 4 is 5.91 Å². The molecule has 1 N–H and O–H groups in total. The van der Waals surface area contributed by atoms with Crippen molar-refractivity contribution in [1.82, 2.24) is 14.7 Å². The normalized spacial score (nSPS) is 22.1. The van der Waals surface area contributed by atoms with Crippen molar-refractivity contribution in [2.24, 2.45) is 0 Å². The van der Waals surface area contributed by atoms with Crippen molar-refractivity contribution < 1.29 is 18.7 Å². The summed E-state index contributed by atoms with van der Waals surface area (Å²) >= 11 is 0. The Kier molecular flexibility index (Phi) is 4.84. The average Bonchev–Trinajstić information content (AvgIpc) is 3.09. The Bertz CT molecular complexity index is 1300. The van der Waals surface area contributed by atoms with E-state index < -0.39 is 46.2 Å². The lowest BCUT2D eigenvalue weighted by molar-refractivity contribution is 0.0347. The summed E-state index contributed by atoms with van der Waals surface area (Å²) in [6.45, 7) is 3.89. The number of benzene rings is 2. The molecule has 170 valence electrons. The minimum absolute atomic E-state index is 0.178. The highest BCUT2D eigenvalue weighted by molar-refractivity contribution is 5.96. The van der Waals surface area contributed by atoms with Crippen LogP contribution in [0.15, 0.2) is 59.5 Å². The van der Waals surface area contributed by atoms with E-state index in [0.717, 1.165) is 6.20 Å². The quantitative estimate of drug-likeness (QED) is 0.653. The van der Waals surface area contributed by atoms with Gasteiger partial charge in [0.25, 0.3) is 5.91 Å². The van der Waals surface area contributed by atoms with Crippen LogP contribution in [-0.2, 0) is 0 Å². The van der Waals surface area contributed by atoms with Crippen LogP contribution in [0.5, 0.6) is 5.75 Å². The fourth-order valence-corrected chi connectivity index (χ4v) is 5.43. The summed E-state index contributed by atoms with van der Waals surface area (Å²) in [7, 11) is 0. The first-order chi connectivity index (χ1) is 15.7. The maximum absolute atomic E-state index is 14.3. The third kappa shape index (κ3) is 3.32. The second-order valence-electron chi connectivity index (χ2n) is 9.32. The Hall–Kier alpha value is -3.55. The van der Waals surface area contributed by atoms with E-state index in [1.807, 2.05) is 13.8 Å². The largest absolute Gasteiger partial charge is 0.502 e. The molecule has 1 aromatic heterocycles. The molecule has 0 radical (unpaired) electrons. The molecule has 0 aliphatic carbocycles. The second kappa shape index (κ2) is 7.50. The van der Waals surface area contributed by atoms with E-state index in [1.54, 1.807) is 29.2 Å². The number of halogens is 2. The monoisotopic (exact) mass is 451 g/mol. The molecular weight excluding hydrogens is 428 g/mol. The number of fused-ring (bicyclic) bond motifs is 2. The third-order valence-corrected chi connectivity index (χ3v) is 6.90. The van der Waals surface area contributed by atoms with Crippen LogP contribution in [0.3, 0.4) is 0 Å². The Morgan fingerprint density at radius 1 is 1.06 bits per heavy atom. The first-order valence-corrected chi connectivity index (χ1v) is 10.8. The standard InChI is InChI=1S/C25H23F2N3O3/c1-25(2)11-10-18-21(30-22(24(33)29(18)25)23(32)19(31)13-28-30)20(14-6-8-16(26)9-7-14)15-4-3-5-17(27)12-15/h3-9,12-13,18,20-21,32H,10-11H2,1-2H3/t18-,20?,21+/m1/s1. The van der Waals surface area contributed by atoms with Gasteiger partial charge in [-0.2, -0.15) is 5.10 Å². The van der Waals surface area contributed by atoms with Crippen molar-refractivity contribution in [1.29, 1.82) is 0 Å². The lowest BCUT2D eigenvalue weighted by Gasteiger charge is -2.46. The molecule has 6 nitrogen and oxygen atoms in total. The molecule has 2 aliphatic rings. The molecule has 5 rings (SSSR count). The number of nitrogens with zero attached hydrogens (tertiary/aromatic N) is 3. The molecule has 1 amide bonds. The van der Waals surface area contributed by atoms with E-state index in [1.165, 1.54) is 28.9 Å². The van der Waals surface area contributed by atoms with Gasteiger partial charge in [0.15, 0.2) is 11.4 Å². The molecule has 3 atom stereocenters. The van der Waals surface area contributed by atoms with Crippen LogP contribution < -0.4 is 5.43 Å². The maximum atomic E-state index is 14.3. The highest BCUT2D eigenvalue weighted by Gasteiger charge is 2.54. The predicted octanol–water partition coefficient (Wildman–Crippen LogP) is 4.00. The van der Waals surface area contributed by atoms with Gasteiger partial charge in [0.2, 0.25) is 5.43 Å². The maximum Gasteiger partial charge on any atom is 0.276 e. The number of hydrogen-bond donors (Lipinski definition) is 1. The van der Waals surface area contributed by atoms with Gasteiger partial charge in [-0.3, -0.25) is 14.3 Å². The Balaban J connectivity index is 1.80. The van der Waals surface area contributed by atoms with Gasteiger partial charge < -0.3 is 10.0 Å². The Morgan fingerprint density at radius 3 is 2.48 bits per heavy atom. The summed E-state index contributed by atoms with van der Waals surface area (Å²) in [4.78, 5) is 27.4. The molecule has 8 heteroatoms. The van der Waals surface area contributed by atoms with Crippen LogP contribution in [0.1, 0.15) is 60.3 Å². The molecule has 1 fully saturated rings. The second-order valence-corrected chi connectivity index (χ2v) is 9.32. The molecule has 1 saturated heterocycles. The van der Waals surface area contributed by atoms with Crippen molar-refractivity contribution in [3.63, 3.8) is 0 Å². The first kappa shape index (κ1) is 21.3. The molecule has 0 bridgehead atoms. The van der Waals surface area contributed by atoms with Crippen LogP contribution in [0.25, 0.3) is 0 Å². The van der Waals surface area contributed by atoms with E-state index in [-0.39, 0.29) is 11.7 Å². The van der Waals surface area contributed by atoms with E-state index >= 15 is 0 Å². The van der Waals surface area contributed by atoms with E-state index in [2.05, 4.69) is 5.10 Å². The lowest BCUT2D eigenvalue weighted by Crippen LogP contribution is -2.56. The fraction of sp³-hybridized carbons (Fsp3) is 0.320. The van der Waals surface area contributed by atoms with Crippen LogP contribution in [0, 0.1) is 11.6 Å². The molecule has 3 heterocycles. The van der Waals surface area contributed by atoms with Crippen molar-refractivity contribution in [3.05, 3.63) is 93.4 Å². The van der Waals surface area contributed by atoms with E-state index in [0.29, 0.717) is 24.0 Å². The van der Waals surface area contributed by atoms with Crippen molar-refractivity contribution in [3.8, 4) is 5.75 Å². The smallest absolute Gasteiger partial charge is 0.276 e. The minimum Gasteiger partial charge on any atom is -0.502 e. The van der Waals surface area contributed by atoms with Gasteiger partial charge in [0, 0.05) is 11.5 Å². The Labute approximate surface area is 189 Å². The van der Waals surface area contributed by atoms with Gasteiger partial charge in [-0.25, -0.2) is 8.78 Å². The van der Waals surface area contributed by atoms with Gasteiger partial charge >= 0.3 is 0 Å². The SMILES string of the molecule is CC1(C)CC[C@@H]2[C@@H](C(c3ccc(F)cc3)c3cccc(F)c3)n3ncc(=O)c(O)c3C(=O)N21. The average molecular weight is 451 g/mol. The number of carbonyl (C=O) groups is 1. The predicted molar refractivity (Wildman–Crippen MR) is 117 cm³/mol. The molecule has 33 heavy (non-hydrogen) atoms. The summed E-state index contributed by atoms with van der Waals surface area (Å²) in [6, 6.07) is 11.2. The van der Waals surface area contributed by atoms with Crippen LogP contribution in [-0.4, -0.2) is 37.3 Å². The van der Waals surface area contributed by atoms with Crippen LogP contribution >= 0.6 is 0 Å². The topological polar surface area (TPSA) is 75.4 Å². The van der Waals surface area contributed by atoms with E-state index in [9.17, 15) is 23.5 Å². The highest BCUT2D eigenvalue weighted by atomic mass is 19.1. The number of aromatic hydroxyl groups is 1. The molecular formula is C25H23F2N3O3. The van der Waals surface area contributed by atoms with Gasteiger partial charge in [0.1, 0.15) is 11.6 Å². The van der Waals surface area contributed by atoms with Gasteiger partial charge in [-0.05, 0) is 62.1 Å². The van der Waals surface area contributed by atoms with Gasteiger partial charge in [0.05, 0.1) is 18.3 Å². The summed E-state index contributed by atoms with van der Waals surface area (Å²) in [5.74, 6) is -2.47. The fourth-order valence-electron chi connectivity index (χ4n) is 5.43. The van der Waals surface area contributed by atoms with E-state index in [4.69, 9.17) is 0 Å². The molecule has 1 unspecified atom stereocenters. The Morgan fingerprint density at radius 2 is 1.79 bits per heavy atom. The summed E-state index contributed by atoms with van der Waals surface area (Å²) in [5.41, 5.74) is -0.109. The zero-order valence-electron chi connectivity index (χ0n) is 18.2. The number of hydrogen-bond acceptors (Lipinski definition) is 4. The minimum atomic E-state index is -0.743. The highest BCUT2D eigenvalue weighted by Crippen LogP contribution is 2.49. The molecule has 3 aromatic rings. The van der Waals surface area contributed by atoms with Gasteiger partial charge in [-0.1, -0.05) is 24.3 Å². The number of aromatic nitrogens is 2. The molecule has 0 spiro atoms. The van der Waals surface area contributed by atoms with Crippen molar-refractivity contribution in [2.75, 3.05) is 0 Å². The first-order valence-electron chi connectivity index (χ1n) is 10.8. The third-order valence-electron chi connectivity index (χ3n) is 6.90. The molecule has 2 aromatic carbocycles.